The molecule has 2 fully saturated rings. The van der Waals surface area contributed by atoms with Gasteiger partial charge in [-0.05, 0) is 73.7 Å². The van der Waals surface area contributed by atoms with Gasteiger partial charge in [0.05, 0.1) is 17.1 Å². The van der Waals surface area contributed by atoms with Gasteiger partial charge in [0, 0.05) is 31.3 Å². The summed E-state index contributed by atoms with van der Waals surface area (Å²) in [7, 11) is 0. The quantitative estimate of drug-likeness (QED) is 0.539. The van der Waals surface area contributed by atoms with Gasteiger partial charge in [0.15, 0.2) is 0 Å². The second kappa shape index (κ2) is 9.31. The maximum Gasteiger partial charge on any atom is 0.255 e. The Morgan fingerprint density at radius 2 is 1.86 bits per heavy atom. The number of aromatic amines is 1. The lowest BCUT2D eigenvalue weighted by molar-refractivity contribution is -0.136. The van der Waals surface area contributed by atoms with Crippen molar-refractivity contribution in [2.75, 3.05) is 13.1 Å². The van der Waals surface area contributed by atoms with Gasteiger partial charge in [-0.2, -0.15) is 5.10 Å². The number of likely N-dealkylation sites (tertiary alicyclic amines) is 1. The summed E-state index contributed by atoms with van der Waals surface area (Å²) in [5, 5.41) is 9.93. The zero-order valence-electron chi connectivity index (χ0n) is 19.9. The molecule has 36 heavy (non-hydrogen) atoms. The Balaban J connectivity index is 1.07. The van der Waals surface area contributed by atoms with Crippen molar-refractivity contribution in [3.05, 3.63) is 71.0 Å². The van der Waals surface area contributed by atoms with Gasteiger partial charge in [-0.3, -0.25) is 34.7 Å². The molecule has 9 heteroatoms. The van der Waals surface area contributed by atoms with E-state index in [4.69, 9.17) is 0 Å². The van der Waals surface area contributed by atoms with E-state index in [1.807, 2.05) is 24.3 Å². The minimum absolute atomic E-state index is 0.120. The zero-order valence-corrected chi connectivity index (χ0v) is 19.9. The Morgan fingerprint density at radius 3 is 2.64 bits per heavy atom. The van der Waals surface area contributed by atoms with Gasteiger partial charge in [-0.25, -0.2) is 0 Å². The molecule has 2 aromatic heterocycles. The number of hydrogen-bond donors (Lipinski definition) is 2. The van der Waals surface area contributed by atoms with Gasteiger partial charge >= 0.3 is 0 Å². The first-order valence-electron chi connectivity index (χ1n) is 12.5. The highest BCUT2D eigenvalue weighted by molar-refractivity contribution is 6.05. The van der Waals surface area contributed by atoms with Crippen LogP contribution in [0.5, 0.6) is 0 Å². The van der Waals surface area contributed by atoms with Crippen LogP contribution in [0.3, 0.4) is 0 Å². The van der Waals surface area contributed by atoms with E-state index in [0.717, 1.165) is 55.1 Å². The number of imide groups is 1. The van der Waals surface area contributed by atoms with Crippen LogP contribution >= 0.6 is 0 Å². The fourth-order valence-electron chi connectivity index (χ4n) is 5.60. The van der Waals surface area contributed by atoms with Crippen molar-refractivity contribution in [3.8, 4) is 11.4 Å². The molecule has 0 spiro atoms. The largest absolute Gasteiger partial charge is 0.322 e. The first kappa shape index (κ1) is 22.6. The highest BCUT2D eigenvalue weighted by atomic mass is 16.2. The maximum absolute atomic E-state index is 13.0. The molecule has 3 amide bonds. The molecule has 0 saturated carbocycles. The van der Waals surface area contributed by atoms with Gasteiger partial charge in [0.25, 0.3) is 5.91 Å². The third kappa shape index (κ3) is 4.30. The van der Waals surface area contributed by atoms with E-state index in [2.05, 4.69) is 43.6 Å². The van der Waals surface area contributed by atoms with Gasteiger partial charge in [0.1, 0.15) is 6.04 Å². The second-order valence-corrected chi connectivity index (χ2v) is 9.85. The number of H-pyrrole nitrogens is 1. The lowest BCUT2D eigenvalue weighted by Crippen LogP contribution is -2.52. The molecule has 6 rings (SSSR count). The molecule has 2 N–H and O–H groups in total. The van der Waals surface area contributed by atoms with Crippen molar-refractivity contribution < 1.29 is 14.4 Å². The first-order chi connectivity index (χ1) is 17.5. The van der Waals surface area contributed by atoms with Crippen LogP contribution in [0.4, 0.5) is 0 Å². The van der Waals surface area contributed by atoms with Crippen LogP contribution in [0.1, 0.15) is 58.8 Å². The van der Waals surface area contributed by atoms with Crippen molar-refractivity contribution in [2.24, 2.45) is 0 Å². The molecule has 1 aromatic carbocycles. The predicted octanol–water partition coefficient (Wildman–Crippen LogP) is 2.61. The van der Waals surface area contributed by atoms with Crippen LogP contribution in [0.15, 0.2) is 48.7 Å². The standard InChI is InChI=1S/C27H28N6O3/c34-25-7-6-24(26(35)29-25)33-15-19-13-18(4-5-21(19)27(33)36)17-8-11-32(12-9-17)16-20-14-23(31-30-20)22-3-1-2-10-28-22/h1-5,10,13-14,17,24H,6-9,11-12,15-16H2,(H,30,31)(H,29,34,35). The Labute approximate surface area is 208 Å². The molecule has 1 atom stereocenters. The number of carbonyl (C=O) groups excluding carboxylic acids is 3. The number of fused-ring (bicyclic) bond motifs is 1. The summed E-state index contributed by atoms with van der Waals surface area (Å²) >= 11 is 0. The van der Waals surface area contributed by atoms with Gasteiger partial charge in [-0.1, -0.05) is 18.2 Å². The Kier molecular flexibility index (Phi) is 5.85. The van der Waals surface area contributed by atoms with Crippen molar-refractivity contribution in [3.63, 3.8) is 0 Å². The summed E-state index contributed by atoms with van der Waals surface area (Å²) in [5.74, 6) is -0.321. The van der Waals surface area contributed by atoms with E-state index in [9.17, 15) is 14.4 Å². The summed E-state index contributed by atoms with van der Waals surface area (Å²) in [6.07, 6.45) is 4.52. The average Bonchev–Trinajstić information content (AvgIpc) is 3.49. The molecule has 184 valence electrons. The molecule has 3 aromatic rings. The SMILES string of the molecule is O=C1CCC(N2Cc3cc(C4CCN(Cc5cc(-c6ccccn6)[nH]n5)CC4)ccc3C2=O)C(=O)N1. The average molecular weight is 485 g/mol. The Morgan fingerprint density at radius 1 is 1.00 bits per heavy atom. The minimum atomic E-state index is -0.575. The Bertz CT molecular complexity index is 1310. The van der Waals surface area contributed by atoms with E-state index in [1.165, 1.54) is 5.56 Å². The maximum atomic E-state index is 13.0. The monoisotopic (exact) mass is 484 g/mol. The molecule has 0 bridgehead atoms. The zero-order chi connectivity index (χ0) is 24.6. The van der Waals surface area contributed by atoms with Gasteiger partial charge in [0.2, 0.25) is 11.8 Å². The topological polar surface area (TPSA) is 111 Å². The number of rotatable bonds is 5. The molecule has 0 aliphatic carbocycles. The molecule has 3 aliphatic heterocycles. The number of nitrogens with one attached hydrogen (secondary N) is 2. The smallest absolute Gasteiger partial charge is 0.255 e. The van der Waals surface area contributed by atoms with E-state index < -0.39 is 6.04 Å². The molecule has 1 unspecified atom stereocenters. The number of piperidine rings is 2. The summed E-state index contributed by atoms with van der Waals surface area (Å²) in [6.45, 7) is 3.18. The van der Waals surface area contributed by atoms with Crippen LogP contribution in [0, 0.1) is 0 Å². The lowest BCUT2D eigenvalue weighted by Gasteiger charge is -2.31. The van der Waals surface area contributed by atoms with Crippen LogP contribution in [-0.2, 0) is 22.7 Å². The number of amides is 3. The van der Waals surface area contributed by atoms with Crippen LogP contribution < -0.4 is 5.32 Å². The molecule has 3 aliphatic rings. The Hall–Kier alpha value is -3.85. The molecule has 2 saturated heterocycles. The van der Waals surface area contributed by atoms with Gasteiger partial charge < -0.3 is 4.90 Å². The van der Waals surface area contributed by atoms with Crippen molar-refractivity contribution in [2.45, 2.75) is 50.7 Å². The van der Waals surface area contributed by atoms with E-state index in [1.54, 1.807) is 11.1 Å². The number of nitrogens with zero attached hydrogens (tertiary/aromatic N) is 4. The van der Waals surface area contributed by atoms with Crippen LogP contribution in [0.2, 0.25) is 0 Å². The summed E-state index contributed by atoms with van der Waals surface area (Å²) in [5.41, 5.74) is 5.73. The minimum Gasteiger partial charge on any atom is -0.322 e. The predicted molar refractivity (Wildman–Crippen MR) is 132 cm³/mol. The fourth-order valence-corrected chi connectivity index (χ4v) is 5.60. The number of carbonyl (C=O) groups is 3. The molecule has 0 radical (unpaired) electrons. The second-order valence-electron chi connectivity index (χ2n) is 9.85. The van der Waals surface area contributed by atoms with E-state index in [0.29, 0.717) is 24.4 Å². The summed E-state index contributed by atoms with van der Waals surface area (Å²) in [4.78, 5) is 45.2. The normalized spacial score (nSPS) is 21.1. The van der Waals surface area contributed by atoms with Crippen molar-refractivity contribution in [1.29, 1.82) is 0 Å². The third-order valence-electron chi connectivity index (χ3n) is 7.56. The molecular weight excluding hydrogens is 456 g/mol. The number of benzene rings is 1. The van der Waals surface area contributed by atoms with Gasteiger partial charge in [-0.15, -0.1) is 0 Å². The molecular formula is C27H28N6O3. The van der Waals surface area contributed by atoms with E-state index >= 15 is 0 Å². The van der Waals surface area contributed by atoms with Crippen LogP contribution in [0.25, 0.3) is 11.4 Å². The molecule has 5 heterocycles. The third-order valence-corrected chi connectivity index (χ3v) is 7.56. The molecule has 9 nitrogen and oxygen atoms in total. The number of hydrogen-bond acceptors (Lipinski definition) is 6. The summed E-state index contributed by atoms with van der Waals surface area (Å²) < 4.78 is 0. The highest BCUT2D eigenvalue weighted by Gasteiger charge is 2.39. The highest BCUT2D eigenvalue weighted by Crippen LogP contribution is 2.34. The van der Waals surface area contributed by atoms with Crippen molar-refractivity contribution in [1.82, 2.24) is 30.3 Å². The first-order valence-corrected chi connectivity index (χ1v) is 12.5. The summed E-state index contributed by atoms with van der Waals surface area (Å²) in [6, 6.07) is 13.5. The number of aromatic nitrogens is 3. The fraction of sp³-hybridized carbons (Fsp3) is 0.370. The van der Waals surface area contributed by atoms with Crippen LogP contribution in [-0.4, -0.2) is 61.8 Å². The number of pyridine rings is 1. The van der Waals surface area contributed by atoms with Crippen molar-refractivity contribution >= 4 is 17.7 Å². The lowest BCUT2D eigenvalue weighted by atomic mass is 9.88. The van der Waals surface area contributed by atoms with E-state index in [-0.39, 0.29) is 24.1 Å².